The Bertz CT molecular complexity index is 1130. The van der Waals surface area contributed by atoms with Gasteiger partial charge in [0.15, 0.2) is 5.16 Å². The lowest BCUT2D eigenvalue weighted by Gasteiger charge is -2.10. The van der Waals surface area contributed by atoms with Crippen LogP contribution in [0.25, 0.3) is 0 Å². The quantitative estimate of drug-likeness (QED) is 0.389. The van der Waals surface area contributed by atoms with Crippen LogP contribution >= 0.6 is 23.1 Å². The molecule has 9 heteroatoms. The maximum atomic E-state index is 12.5. The number of nitrogens with zero attached hydrogens (tertiary/aromatic N) is 5. The Morgan fingerprint density at radius 3 is 2.71 bits per heavy atom. The molecule has 0 bridgehead atoms. The number of hydrogen-bond donors (Lipinski definition) is 1. The highest BCUT2D eigenvalue weighted by Crippen LogP contribution is 2.21. The number of carbonyl (C=O) groups excluding carboxylic acids is 1. The predicted molar refractivity (Wildman–Crippen MR) is 125 cm³/mol. The fourth-order valence-corrected chi connectivity index (χ4v) is 4.76. The third-order valence-corrected chi connectivity index (χ3v) is 6.62. The van der Waals surface area contributed by atoms with Crippen molar-refractivity contribution in [2.24, 2.45) is 7.05 Å². The molecule has 1 aromatic carbocycles. The van der Waals surface area contributed by atoms with E-state index >= 15 is 0 Å². The zero-order chi connectivity index (χ0) is 21.6. The fraction of sp³-hybridized carbons (Fsp3) is 0.273. The van der Waals surface area contributed by atoms with Crippen molar-refractivity contribution >= 4 is 34.8 Å². The van der Waals surface area contributed by atoms with Crippen LogP contribution in [-0.4, -0.2) is 36.2 Å². The van der Waals surface area contributed by atoms with Gasteiger partial charge in [0, 0.05) is 31.0 Å². The van der Waals surface area contributed by atoms with Gasteiger partial charge in [-0.25, -0.2) is 0 Å². The molecule has 0 radical (unpaired) electrons. The Kier molecular flexibility index (Phi) is 6.83. The molecule has 0 spiro atoms. The van der Waals surface area contributed by atoms with E-state index in [-0.39, 0.29) is 11.7 Å². The molecule has 4 aromatic rings. The summed E-state index contributed by atoms with van der Waals surface area (Å²) in [5.74, 6) is 1.77. The number of nitrogens with one attached hydrogen (secondary N) is 1. The van der Waals surface area contributed by atoms with Crippen LogP contribution in [0.4, 0.5) is 5.82 Å². The summed E-state index contributed by atoms with van der Waals surface area (Å²) >= 11 is 3.12. The van der Waals surface area contributed by atoms with E-state index in [9.17, 15) is 4.79 Å². The van der Waals surface area contributed by atoms with E-state index in [2.05, 4.69) is 48.8 Å². The summed E-state index contributed by atoms with van der Waals surface area (Å²) in [6.07, 6.45) is 1.62. The van der Waals surface area contributed by atoms with E-state index in [0.717, 1.165) is 36.1 Å². The molecule has 160 valence electrons. The van der Waals surface area contributed by atoms with Gasteiger partial charge in [0.2, 0.25) is 5.91 Å². The highest BCUT2D eigenvalue weighted by Gasteiger charge is 2.16. The molecule has 0 aliphatic rings. The fourth-order valence-electron chi connectivity index (χ4n) is 3.27. The monoisotopic (exact) mass is 452 g/mol. The smallest absolute Gasteiger partial charge is 0.235 e. The van der Waals surface area contributed by atoms with Crippen molar-refractivity contribution in [3.05, 3.63) is 75.9 Å². The maximum Gasteiger partial charge on any atom is 0.235 e. The first kappa shape index (κ1) is 21.3. The summed E-state index contributed by atoms with van der Waals surface area (Å²) in [7, 11) is 1.81. The van der Waals surface area contributed by atoms with Crippen molar-refractivity contribution < 1.29 is 4.79 Å². The van der Waals surface area contributed by atoms with Crippen LogP contribution < -0.4 is 5.32 Å². The number of thioether (sulfide) groups is 1. The minimum Gasteiger partial charge on any atom is -0.310 e. The van der Waals surface area contributed by atoms with Gasteiger partial charge in [-0.2, -0.15) is 5.10 Å². The standard InChI is InChI=1S/C22H24N6OS2/c1-16-13-19(27(2)26-16)23-21(29)15-31-22-25-24-20(14-18-9-6-12-30-18)28(22)11-10-17-7-4-3-5-8-17/h3-9,12-13H,10-11,14-15H2,1-2H3,(H,23,29). The van der Waals surface area contributed by atoms with Crippen molar-refractivity contribution in [1.82, 2.24) is 24.5 Å². The lowest BCUT2D eigenvalue weighted by atomic mass is 10.1. The summed E-state index contributed by atoms with van der Waals surface area (Å²) in [5, 5.41) is 18.8. The summed E-state index contributed by atoms with van der Waals surface area (Å²) in [5.41, 5.74) is 2.13. The molecule has 3 aromatic heterocycles. The van der Waals surface area contributed by atoms with Crippen LogP contribution in [0.15, 0.2) is 59.1 Å². The Morgan fingerprint density at radius 2 is 2.00 bits per heavy atom. The van der Waals surface area contributed by atoms with Crippen LogP contribution in [0.3, 0.4) is 0 Å². The SMILES string of the molecule is Cc1cc(NC(=O)CSc2nnc(Cc3cccs3)n2CCc2ccccc2)n(C)n1. The molecule has 0 atom stereocenters. The van der Waals surface area contributed by atoms with Gasteiger partial charge in [0.1, 0.15) is 11.6 Å². The average Bonchev–Trinajstić information content (AvgIpc) is 3.48. The Balaban J connectivity index is 1.45. The van der Waals surface area contributed by atoms with Crippen molar-refractivity contribution in [2.45, 2.75) is 31.5 Å². The Labute approximate surface area is 189 Å². The Hall–Kier alpha value is -2.91. The third kappa shape index (κ3) is 5.62. The van der Waals surface area contributed by atoms with Gasteiger partial charge in [0.05, 0.1) is 11.4 Å². The van der Waals surface area contributed by atoms with Gasteiger partial charge < -0.3 is 9.88 Å². The van der Waals surface area contributed by atoms with Gasteiger partial charge in [-0.05, 0) is 30.4 Å². The molecule has 0 saturated carbocycles. The molecular formula is C22H24N6OS2. The van der Waals surface area contributed by atoms with E-state index in [1.54, 1.807) is 16.0 Å². The van der Waals surface area contributed by atoms with Crippen molar-refractivity contribution in [2.75, 3.05) is 11.1 Å². The van der Waals surface area contributed by atoms with Crippen LogP contribution in [0.2, 0.25) is 0 Å². The number of aryl methyl sites for hydroxylation is 3. The molecule has 4 rings (SSSR count). The molecule has 3 heterocycles. The number of anilines is 1. The van der Waals surface area contributed by atoms with Crippen LogP contribution in [0, 0.1) is 6.92 Å². The first-order valence-corrected chi connectivity index (χ1v) is 11.9. The molecule has 0 unspecified atom stereocenters. The van der Waals surface area contributed by atoms with E-state index in [1.807, 2.05) is 44.3 Å². The number of aromatic nitrogens is 5. The largest absolute Gasteiger partial charge is 0.310 e. The number of amides is 1. The van der Waals surface area contributed by atoms with E-state index in [4.69, 9.17) is 0 Å². The van der Waals surface area contributed by atoms with Crippen molar-refractivity contribution in [1.29, 1.82) is 0 Å². The number of carbonyl (C=O) groups is 1. The number of thiophene rings is 1. The van der Waals surface area contributed by atoms with E-state index in [0.29, 0.717) is 5.82 Å². The molecule has 1 amide bonds. The molecule has 1 N–H and O–H groups in total. The zero-order valence-electron chi connectivity index (χ0n) is 17.5. The normalized spacial score (nSPS) is 11.0. The number of rotatable bonds is 9. The summed E-state index contributed by atoms with van der Waals surface area (Å²) in [6.45, 7) is 2.66. The van der Waals surface area contributed by atoms with Crippen LogP contribution in [0.5, 0.6) is 0 Å². The number of hydrogen-bond acceptors (Lipinski definition) is 6. The Morgan fingerprint density at radius 1 is 1.16 bits per heavy atom. The second kappa shape index (κ2) is 9.93. The second-order valence-corrected chi connectivity index (χ2v) is 9.15. The van der Waals surface area contributed by atoms with Gasteiger partial charge in [-0.15, -0.1) is 21.5 Å². The minimum atomic E-state index is -0.0922. The van der Waals surface area contributed by atoms with E-state index < -0.39 is 0 Å². The third-order valence-electron chi connectivity index (χ3n) is 4.77. The summed E-state index contributed by atoms with van der Waals surface area (Å²) < 4.78 is 3.80. The predicted octanol–water partition coefficient (Wildman–Crippen LogP) is 3.95. The molecule has 0 aliphatic heterocycles. The van der Waals surface area contributed by atoms with Gasteiger partial charge in [0.25, 0.3) is 0 Å². The molecule has 31 heavy (non-hydrogen) atoms. The number of benzene rings is 1. The van der Waals surface area contributed by atoms with Crippen LogP contribution in [0.1, 0.15) is 22.0 Å². The van der Waals surface area contributed by atoms with Gasteiger partial charge in [-0.3, -0.25) is 9.48 Å². The first-order valence-electron chi connectivity index (χ1n) is 10.00. The molecule has 0 fully saturated rings. The lowest BCUT2D eigenvalue weighted by Crippen LogP contribution is -2.17. The summed E-state index contributed by atoms with van der Waals surface area (Å²) in [6, 6.07) is 16.4. The van der Waals surface area contributed by atoms with Gasteiger partial charge >= 0.3 is 0 Å². The highest BCUT2D eigenvalue weighted by molar-refractivity contribution is 7.99. The highest BCUT2D eigenvalue weighted by atomic mass is 32.2. The lowest BCUT2D eigenvalue weighted by molar-refractivity contribution is -0.113. The second-order valence-electron chi connectivity index (χ2n) is 7.17. The minimum absolute atomic E-state index is 0.0922. The zero-order valence-corrected chi connectivity index (χ0v) is 19.1. The first-order chi connectivity index (χ1) is 15.1. The van der Waals surface area contributed by atoms with Crippen molar-refractivity contribution in [3.8, 4) is 0 Å². The summed E-state index contributed by atoms with van der Waals surface area (Å²) in [4.78, 5) is 13.7. The molecule has 7 nitrogen and oxygen atoms in total. The van der Waals surface area contributed by atoms with Crippen LogP contribution in [-0.2, 0) is 31.2 Å². The topological polar surface area (TPSA) is 77.6 Å². The average molecular weight is 453 g/mol. The molecular weight excluding hydrogens is 428 g/mol. The maximum absolute atomic E-state index is 12.5. The van der Waals surface area contributed by atoms with E-state index in [1.165, 1.54) is 22.2 Å². The molecule has 0 aliphatic carbocycles. The molecule has 0 saturated heterocycles. The van der Waals surface area contributed by atoms with Gasteiger partial charge in [-0.1, -0.05) is 48.2 Å². The van der Waals surface area contributed by atoms with Crippen molar-refractivity contribution in [3.63, 3.8) is 0 Å².